The Morgan fingerprint density at radius 3 is 2.58 bits per heavy atom. The maximum Gasteiger partial charge on any atom is 0.343 e. The molecule has 0 saturated carbocycles. The van der Waals surface area contributed by atoms with E-state index in [1.807, 2.05) is 84.4 Å². The minimum Gasteiger partial charge on any atom is -1.00 e. The number of benzene rings is 3. The summed E-state index contributed by atoms with van der Waals surface area (Å²) in [5.74, 6) is 0.540. The molecular formula is C34H33FIN5O2. The monoisotopic (exact) mass is 689 g/mol. The predicted molar refractivity (Wildman–Crippen MR) is 168 cm³/mol. The van der Waals surface area contributed by atoms with E-state index in [2.05, 4.69) is 34.0 Å². The normalized spacial score (nSPS) is 11.4. The lowest BCUT2D eigenvalue weighted by Crippen LogP contribution is -3.00. The number of H-pyrrole nitrogens is 1. The number of anilines is 2. The van der Waals surface area contributed by atoms with Crippen LogP contribution in [0.2, 0.25) is 0 Å². The van der Waals surface area contributed by atoms with Gasteiger partial charge in [0.2, 0.25) is 11.2 Å². The van der Waals surface area contributed by atoms with E-state index in [0.717, 1.165) is 57.6 Å². The zero-order valence-electron chi connectivity index (χ0n) is 24.3. The molecule has 0 amide bonds. The number of aromatic amines is 1. The molecule has 6 rings (SSSR count). The van der Waals surface area contributed by atoms with Crippen LogP contribution in [0.25, 0.3) is 45.1 Å². The lowest BCUT2D eigenvalue weighted by molar-refractivity contribution is -0.646. The number of aryl methyl sites for hydroxylation is 1. The maximum absolute atomic E-state index is 14.9. The lowest BCUT2D eigenvalue weighted by Gasteiger charge is -2.20. The van der Waals surface area contributed by atoms with Gasteiger partial charge in [0.25, 0.3) is 0 Å². The number of fused-ring (bicyclic) bond motifs is 3. The van der Waals surface area contributed by atoms with Crippen LogP contribution in [0.4, 0.5) is 15.8 Å². The Hall–Kier alpha value is -4.25. The second-order valence-electron chi connectivity index (χ2n) is 10.3. The minimum atomic E-state index is -0.392. The highest BCUT2D eigenvalue weighted by Gasteiger charge is 2.15. The molecule has 3 aromatic carbocycles. The third-order valence-corrected chi connectivity index (χ3v) is 7.72. The highest BCUT2D eigenvalue weighted by molar-refractivity contribution is 5.84. The molecule has 9 heteroatoms. The Labute approximate surface area is 266 Å². The predicted octanol–water partition coefficient (Wildman–Crippen LogP) is 3.46. The topological polar surface area (TPSA) is 78.0 Å². The van der Waals surface area contributed by atoms with E-state index in [-0.39, 0.29) is 29.8 Å². The Balaban J connectivity index is 0.00000368. The van der Waals surface area contributed by atoms with Crippen LogP contribution >= 0.6 is 0 Å². The molecular weight excluding hydrogens is 656 g/mol. The van der Waals surface area contributed by atoms with Gasteiger partial charge >= 0.3 is 5.63 Å². The molecule has 7 nitrogen and oxygen atoms in total. The van der Waals surface area contributed by atoms with Gasteiger partial charge in [-0.2, -0.15) is 4.57 Å². The molecule has 0 unspecified atom stereocenters. The molecule has 0 bridgehead atoms. The summed E-state index contributed by atoms with van der Waals surface area (Å²) in [7, 11) is 1.93. The first-order chi connectivity index (χ1) is 20.4. The van der Waals surface area contributed by atoms with Crippen molar-refractivity contribution in [3.8, 4) is 0 Å². The molecule has 2 N–H and O–H groups in total. The van der Waals surface area contributed by atoms with Crippen molar-refractivity contribution in [2.45, 2.75) is 20.3 Å². The first-order valence-electron chi connectivity index (χ1n) is 14.2. The smallest absolute Gasteiger partial charge is 0.343 e. The highest BCUT2D eigenvalue weighted by Crippen LogP contribution is 2.24. The van der Waals surface area contributed by atoms with E-state index in [4.69, 9.17) is 4.42 Å². The van der Waals surface area contributed by atoms with Crippen LogP contribution in [0.3, 0.4) is 0 Å². The van der Waals surface area contributed by atoms with Gasteiger partial charge in [-0.3, -0.25) is 0 Å². The average Bonchev–Trinajstić information content (AvgIpc) is 3.41. The molecule has 3 aromatic heterocycles. The average molecular weight is 690 g/mol. The van der Waals surface area contributed by atoms with Crippen molar-refractivity contribution in [3.63, 3.8) is 0 Å². The third kappa shape index (κ3) is 6.27. The van der Waals surface area contributed by atoms with Crippen LogP contribution in [0.15, 0.2) is 82.0 Å². The molecule has 0 aliphatic rings. The second-order valence-corrected chi connectivity index (χ2v) is 10.3. The van der Waals surface area contributed by atoms with Gasteiger partial charge in [0.05, 0.1) is 22.3 Å². The summed E-state index contributed by atoms with van der Waals surface area (Å²) in [6.45, 7) is 6.48. The maximum atomic E-state index is 14.9. The molecule has 0 radical (unpaired) electrons. The first-order valence-corrected chi connectivity index (χ1v) is 14.2. The number of nitrogens with zero attached hydrogens (tertiary/aromatic N) is 3. The summed E-state index contributed by atoms with van der Waals surface area (Å²) in [6.07, 6.45) is 4.27. The summed E-state index contributed by atoms with van der Waals surface area (Å²) >= 11 is 0. The van der Waals surface area contributed by atoms with Gasteiger partial charge in [-0.25, -0.2) is 14.2 Å². The van der Waals surface area contributed by atoms with Crippen LogP contribution in [-0.2, 0) is 13.5 Å². The summed E-state index contributed by atoms with van der Waals surface area (Å²) in [5, 5.41) is 4.87. The second kappa shape index (κ2) is 12.9. The fourth-order valence-corrected chi connectivity index (χ4v) is 5.36. The van der Waals surface area contributed by atoms with Crippen molar-refractivity contribution in [1.29, 1.82) is 0 Å². The van der Waals surface area contributed by atoms with Gasteiger partial charge in [0.1, 0.15) is 24.3 Å². The van der Waals surface area contributed by atoms with Crippen LogP contribution < -0.4 is 44.4 Å². The molecule has 3 heterocycles. The van der Waals surface area contributed by atoms with Gasteiger partial charge in [0, 0.05) is 66.8 Å². The van der Waals surface area contributed by atoms with Gasteiger partial charge in [0.15, 0.2) is 0 Å². The zero-order valence-corrected chi connectivity index (χ0v) is 26.5. The van der Waals surface area contributed by atoms with E-state index in [1.165, 1.54) is 6.07 Å². The molecule has 6 aromatic rings. The lowest BCUT2D eigenvalue weighted by atomic mass is 10.1. The van der Waals surface area contributed by atoms with Crippen LogP contribution in [0.1, 0.15) is 30.9 Å². The third-order valence-electron chi connectivity index (χ3n) is 7.72. The number of para-hydroxylation sites is 2. The largest absolute Gasteiger partial charge is 1.00 e. The molecule has 0 aliphatic heterocycles. The number of pyridine rings is 1. The number of hydrogen-bond donors (Lipinski definition) is 2. The van der Waals surface area contributed by atoms with E-state index in [1.54, 1.807) is 6.08 Å². The Kier molecular flexibility index (Phi) is 9.10. The summed E-state index contributed by atoms with van der Waals surface area (Å²) in [5.41, 5.74) is 5.72. The quantitative estimate of drug-likeness (QED) is 0.138. The molecule has 220 valence electrons. The molecule has 0 fully saturated rings. The van der Waals surface area contributed by atoms with Crippen molar-refractivity contribution in [1.82, 2.24) is 9.97 Å². The molecule has 0 spiro atoms. The van der Waals surface area contributed by atoms with Crippen molar-refractivity contribution in [2.24, 2.45) is 7.05 Å². The first kappa shape index (κ1) is 30.2. The van der Waals surface area contributed by atoms with E-state index in [0.29, 0.717) is 29.8 Å². The number of nitrogens with one attached hydrogen (secondary N) is 2. The van der Waals surface area contributed by atoms with Crippen LogP contribution in [0, 0.1) is 5.82 Å². The van der Waals surface area contributed by atoms with Crippen LogP contribution in [-0.4, -0.2) is 29.6 Å². The van der Waals surface area contributed by atoms with Crippen LogP contribution in [0.5, 0.6) is 0 Å². The van der Waals surface area contributed by atoms with E-state index in [9.17, 15) is 9.18 Å². The number of halogens is 2. The zero-order chi connectivity index (χ0) is 29.2. The number of imidazole rings is 1. The number of rotatable bonds is 9. The van der Waals surface area contributed by atoms with Gasteiger partial charge in [-0.15, -0.1) is 0 Å². The fourth-order valence-electron chi connectivity index (χ4n) is 5.36. The number of hydrogen-bond acceptors (Lipinski definition) is 5. The van der Waals surface area contributed by atoms with Gasteiger partial charge in [-0.05, 0) is 62.4 Å². The van der Waals surface area contributed by atoms with E-state index < -0.39 is 5.63 Å². The molecule has 0 saturated heterocycles. The summed E-state index contributed by atoms with van der Waals surface area (Å²) in [4.78, 5) is 22.9. The SMILES string of the molecule is CCN(CC)c1ccc2cc(/C=C/c3ccc4cc(F)c(NCCc5nc6ccccc6[nH]5)cc4[n+]3C)c(=O)oc2c1.[I-]. The molecule has 0 atom stereocenters. The van der Waals surface area contributed by atoms with E-state index >= 15 is 0 Å². The van der Waals surface area contributed by atoms with Gasteiger partial charge in [-0.1, -0.05) is 12.1 Å². The van der Waals surface area contributed by atoms with Gasteiger partial charge < -0.3 is 43.6 Å². The van der Waals surface area contributed by atoms with Crippen molar-refractivity contribution in [2.75, 3.05) is 29.9 Å². The number of aromatic nitrogens is 3. The fraction of sp³-hybridized carbons (Fsp3) is 0.206. The molecule has 0 aliphatic carbocycles. The Morgan fingerprint density at radius 1 is 1.00 bits per heavy atom. The Morgan fingerprint density at radius 2 is 1.79 bits per heavy atom. The molecule has 43 heavy (non-hydrogen) atoms. The van der Waals surface area contributed by atoms with Crippen molar-refractivity contribution in [3.05, 3.63) is 106 Å². The standard InChI is InChI=1S/C34H32FN5O2.HI/c1-4-40(5-2)26-15-11-23-18-24(34(41)42-32(23)20-26)12-14-25-13-10-22-19-27(35)30(21-31(22)39(25)3)36-17-16-33-37-28-8-6-7-9-29(28)38-33;/h6-15,18-21H,4-5,16-17H2,1-3H3,(H,37,38);1H/b14-12+;. The van der Waals surface area contributed by atoms with Crippen molar-refractivity contribution < 1.29 is 37.4 Å². The minimum absolute atomic E-state index is 0. The summed E-state index contributed by atoms with van der Waals surface area (Å²) in [6, 6.07) is 22.8. The van der Waals surface area contributed by atoms with Crippen molar-refractivity contribution >= 4 is 56.4 Å². The Bertz CT molecular complexity index is 1980. The summed E-state index contributed by atoms with van der Waals surface area (Å²) < 4.78 is 22.6. The highest BCUT2D eigenvalue weighted by atomic mass is 127.